The fourth-order valence-electron chi connectivity index (χ4n) is 2.58. The van der Waals surface area contributed by atoms with Crippen LogP contribution in [-0.4, -0.2) is 9.97 Å². The van der Waals surface area contributed by atoms with Gasteiger partial charge in [-0.15, -0.1) is 0 Å². The Hall–Kier alpha value is -1.38. The number of hydrogen-bond donors (Lipinski definition) is 0. The number of aryl methyl sites for hydroxylation is 2. The zero-order valence-electron chi connectivity index (χ0n) is 14.2. The van der Waals surface area contributed by atoms with E-state index in [-0.39, 0.29) is 27.3 Å². The van der Waals surface area contributed by atoms with Gasteiger partial charge in [0.1, 0.15) is 0 Å². The normalized spacial score (nSPS) is 10.0. The average molecular weight is 461 g/mol. The van der Waals surface area contributed by atoms with Crippen LogP contribution in [0.5, 0.6) is 0 Å². The van der Waals surface area contributed by atoms with Crippen LogP contribution in [0.2, 0.25) is 0 Å². The van der Waals surface area contributed by atoms with Crippen molar-refractivity contribution in [1.29, 1.82) is 0 Å². The Labute approximate surface area is 179 Å². The van der Waals surface area contributed by atoms with Crippen molar-refractivity contribution < 1.29 is 27.3 Å². The maximum Gasteiger partial charge on any atom is 2.00 e. The summed E-state index contributed by atoms with van der Waals surface area (Å²) in [4.78, 5) is 8.50. The van der Waals surface area contributed by atoms with Gasteiger partial charge in [0.15, 0.2) is 0 Å². The van der Waals surface area contributed by atoms with E-state index in [9.17, 15) is 0 Å². The van der Waals surface area contributed by atoms with Gasteiger partial charge in [0.05, 0.1) is 11.0 Å². The molecule has 5 heteroatoms. The summed E-state index contributed by atoms with van der Waals surface area (Å²) in [6.07, 6.45) is 0. The summed E-state index contributed by atoms with van der Waals surface area (Å²) in [7, 11) is 0. The van der Waals surface area contributed by atoms with Crippen LogP contribution >= 0.6 is 0 Å². The van der Waals surface area contributed by atoms with Gasteiger partial charge in [-0.1, -0.05) is 58.6 Å². The number of rotatable bonds is 0. The van der Waals surface area contributed by atoms with E-state index in [0.717, 1.165) is 11.0 Å². The summed E-state index contributed by atoms with van der Waals surface area (Å²) >= 11 is 9.94. The van der Waals surface area contributed by atoms with E-state index in [2.05, 4.69) is 35.9 Å². The van der Waals surface area contributed by atoms with Crippen molar-refractivity contribution in [2.24, 2.45) is 0 Å². The molecule has 4 rings (SSSR count). The fraction of sp³-hybridized carbons (Fsp3) is 0.100. The zero-order valence-corrected chi connectivity index (χ0v) is 19.9. The molecule has 0 aliphatic carbocycles. The molecule has 0 N–H and O–H groups in total. The van der Waals surface area contributed by atoms with Gasteiger partial charge in [-0.2, -0.15) is 0 Å². The first kappa shape index (κ1) is 19.9. The maximum atomic E-state index is 4.97. The van der Waals surface area contributed by atoms with Gasteiger partial charge in [-0.25, -0.2) is 0 Å². The van der Waals surface area contributed by atoms with E-state index < -0.39 is 0 Å². The van der Waals surface area contributed by atoms with E-state index in [0.29, 0.717) is 10.1 Å². The molecule has 0 spiro atoms. The molecular formula is C20H16CdN2S2. The minimum atomic E-state index is 0. The van der Waals surface area contributed by atoms with Crippen LogP contribution in [0, 0.1) is 13.8 Å². The first-order valence-corrected chi connectivity index (χ1v) is 8.43. The number of fused-ring (bicyclic) bond motifs is 2. The molecule has 2 aromatic carbocycles. The molecule has 2 nitrogen and oxygen atoms in total. The third kappa shape index (κ3) is 4.83. The van der Waals surface area contributed by atoms with Crippen LogP contribution in [0.15, 0.2) is 70.7 Å². The molecule has 0 saturated heterocycles. The van der Waals surface area contributed by atoms with Gasteiger partial charge < -0.3 is 25.3 Å². The summed E-state index contributed by atoms with van der Waals surface area (Å²) in [5, 5.41) is 3.69. The number of pyridine rings is 2. The number of hydrogen-bond acceptors (Lipinski definition) is 4. The Bertz CT molecular complexity index is 936. The van der Waals surface area contributed by atoms with Crippen molar-refractivity contribution in [3.8, 4) is 0 Å². The molecule has 0 fully saturated rings. The van der Waals surface area contributed by atoms with E-state index >= 15 is 0 Å². The molecule has 0 amide bonds. The van der Waals surface area contributed by atoms with Gasteiger partial charge >= 0.3 is 27.3 Å². The predicted octanol–water partition coefficient (Wildman–Crippen LogP) is 4.90. The van der Waals surface area contributed by atoms with Crippen LogP contribution < -0.4 is 0 Å². The maximum absolute atomic E-state index is 4.97. The summed E-state index contributed by atoms with van der Waals surface area (Å²) in [5.74, 6) is 0. The van der Waals surface area contributed by atoms with Crippen LogP contribution in [0.3, 0.4) is 0 Å². The summed E-state index contributed by atoms with van der Waals surface area (Å²) < 4.78 is 0. The fourth-order valence-corrected chi connectivity index (χ4v) is 2.91. The molecule has 2 aromatic heterocycles. The molecule has 0 aliphatic rings. The minimum absolute atomic E-state index is 0. The third-order valence-electron chi connectivity index (χ3n) is 3.85. The quantitative estimate of drug-likeness (QED) is 0.275. The second-order valence-corrected chi connectivity index (χ2v) is 6.42. The average Bonchev–Trinajstić information content (AvgIpc) is 2.55. The monoisotopic (exact) mass is 462 g/mol. The van der Waals surface area contributed by atoms with E-state index in [1.54, 1.807) is 0 Å². The Morgan fingerprint density at radius 2 is 1.00 bits per heavy atom. The van der Waals surface area contributed by atoms with Crippen LogP contribution in [0.4, 0.5) is 0 Å². The molecule has 25 heavy (non-hydrogen) atoms. The van der Waals surface area contributed by atoms with Crippen LogP contribution in [0.1, 0.15) is 11.1 Å². The first-order valence-electron chi connectivity index (χ1n) is 7.61. The molecule has 0 unspecified atom stereocenters. The molecule has 0 atom stereocenters. The molecule has 0 radical (unpaired) electrons. The van der Waals surface area contributed by atoms with Gasteiger partial charge in [0, 0.05) is 10.8 Å². The van der Waals surface area contributed by atoms with E-state index in [1.165, 1.54) is 21.9 Å². The molecule has 0 saturated carbocycles. The van der Waals surface area contributed by atoms with Gasteiger partial charge in [-0.3, -0.25) is 9.97 Å². The first-order chi connectivity index (χ1) is 11.5. The topological polar surface area (TPSA) is 25.8 Å². The summed E-state index contributed by atoms with van der Waals surface area (Å²) in [6, 6.07) is 19.9. The summed E-state index contributed by atoms with van der Waals surface area (Å²) in [6.45, 7) is 4.15. The molecule has 4 aromatic rings. The number of nitrogens with zero attached hydrogens (tertiary/aromatic N) is 2. The van der Waals surface area contributed by atoms with Crippen molar-refractivity contribution in [3.63, 3.8) is 0 Å². The van der Waals surface area contributed by atoms with Crippen molar-refractivity contribution in [3.05, 3.63) is 71.8 Å². The molecule has 0 aliphatic heterocycles. The number of benzene rings is 2. The second-order valence-electron chi connectivity index (χ2n) is 5.58. The van der Waals surface area contributed by atoms with Crippen molar-refractivity contribution in [2.75, 3.05) is 0 Å². The van der Waals surface area contributed by atoms with Crippen molar-refractivity contribution in [1.82, 2.24) is 9.97 Å². The number of aromatic nitrogens is 2. The van der Waals surface area contributed by atoms with Gasteiger partial charge in [0.2, 0.25) is 0 Å². The smallest absolute Gasteiger partial charge is 0.760 e. The van der Waals surface area contributed by atoms with Crippen LogP contribution in [-0.2, 0) is 52.6 Å². The predicted molar refractivity (Wildman–Crippen MR) is 104 cm³/mol. The molecule has 0 bridgehead atoms. The Morgan fingerprint density at radius 1 is 0.600 bits per heavy atom. The summed E-state index contributed by atoms with van der Waals surface area (Å²) in [5.41, 5.74) is 4.47. The second kappa shape index (κ2) is 8.82. The van der Waals surface area contributed by atoms with Crippen molar-refractivity contribution >= 4 is 47.1 Å². The Kier molecular flexibility index (Phi) is 7.04. The molecular weight excluding hydrogens is 445 g/mol. The standard InChI is InChI=1S/2C10H9NS.Cd/c2*1-7-3-2-4-9-8(7)5-6-10(12)11-9;/h2*2-6H,1H3,(H,11,12);/q;;+2/p-2. The molecule has 120 valence electrons. The molecule has 2 heterocycles. The largest absolute Gasteiger partial charge is 2.00 e. The zero-order chi connectivity index (χ0) is 17.1. The Balaban J connectivity index is 0.000000173. The van der Waals surface area contributed by atoms with E-state index in [4.69, 9.17) is 25.3 Å². The van der Waals surface area contributed by atoms with E-state index in [1.807, 2.05) is 48.5 Å². The minimum Gasteiger partial charge on any atom is -0.760 e. The van der Waals surface area contributed by atoms with Gasteiger partial charge in [-0.05, 0) is 37.1 Å². The van der Waals surface area contributed by atoms with Crippen LogP contribution in [0.25, 0.3) is 21.8 Å². The van der Waals surface area contributed by atoms with Gasteiger partial charge in [0.25, 0.3) is 0 Å². The third-order valence-corrected chi connectivity index (χ3v) is 4.30. The Morgan fingerprint density at radius 3 is 1.40 bits per heavy atom. The van der Waals surface area contributed by atoms with Crippen molar-refractivity contribution in [2.45, 2.75) is 23.9 Å². The SMILES string of the molecule is Cc1cccc2nc([S-])ccc12.Cc1cccc2nc([S-])ccc12.[Cd+2].